The molecule has 0 aromatic heterocycles. The van der Waals surface area contributed by atoms with E-state index in [1.54, 1.807) is 0 Å². The average molecular weight is 299 g/mol. The van der Waals surface area contributed by atoms with Gasteiger partial charge < -0.3 is 4.90 Å². The molecule has 0 atom stereocenters. The molecule has 0 spiro atoms. The Kier molecular flexibility index (Phi) is 1.84. The van der Waals surface area contributed by atoms with Crippen LogP contribution in [0.4, 0.5) is 0 Å². The summed E-state index contributed by atoms with van der Waals surface area (Å²) in [4.78, 5) is 14.0. The van der Waals surface area contributed by atoms with E-state index < -0.39 is 0 Å². The molecule has 0 N–H and O–H groups in total. The summed E-state index contributed by atoms with van der Waals surface area (Å²) >= 11 is 2.31. The summed E-state index contributed by atoms with van der Waals surface area (Å²) < 4.78 is 1.22. The minimum atomic E-state index is 0.237. The average Bonchev–Trinajstić information content (AvgIpc) is 2.94. The third-order valence-corrected chi connectivity index (χ3v) is 3.94. The molecule has 72 valence electrons. The summed E-state index contributed by atoms with van der Waals surface area (Å²) in [7, 11) is 0. The highest BCUT2D eigenvalue weighted by Crippen LogP contribution is 2.35. The number of carbonyl (C=O) groups is 1. The third-order valence-electron chi connectivity index (χ3n) is 2.93. The Morgan fingerprint density at radius 2 is 2.14 bits per heavy atom. The van der Waals surface area contributed by atoms with Gasteiger partial charge in [-0.3, -0.25) is 4.79 Å². The standard InChI is InChI=1S/C11H10INO/c12-10-3-1-2-8-9(10)6-13(11(8)14)7-4-5-7/h1-3,7H,4-6H2. The van der Waals surface area contributed by atoms with E-state index >= 15 is 0 Å². The summed E-state index contributed by atoms with van der Waals surface area (Å²) in [5, 5.41) is 0. The van der Waals surface area contributed by atoms with E-state index in [1.807, 2.05) is 17.0 Å². The van der Waals surface area contributed by atoms with Gasteiger partial charge in [-0.25, -0.2) is 0 Å². The van der Waals surface area contributed by atoms with Crippen LogP contribution >= 0.6 is 22.6 Å². The molecule has 1 aromatic carbocycles. The Morgan fingerprint density at radius 3 is 2.79 bits per heavy atom. The van der Waals surface area contributed by atoms with Gasteiger partial charge in [-0.1, -0.05) is 6.07 Å². The van der Waals surface area contributed by atoms with Crippen molar-refractivity contribution in [1.29, 1.82) is 0 Å². The molecule has 1 fully saturated rings. The second-order valence-electron chi connectivity index (χ2n) is 3.93. The van der Waals surface area contributed by atoms with Crippen molar-refractivity contribution in [3.05, 3.63) is 32.9 Å². The fourth-order valence-electron chi connectivity index (χ4n) is 2.00. The number of hydrogen-bond acceptors (Lipinski definition) is 1. The van der Waals surface area contributed by atoms with Gasteiger partial charge in [0.1, 0.15) is 0 Å². The predicted molar refractivity (Wildman–Crippen MR) is 62.1 cm³/mol. The van der Waals surface area contributed by atoms with Crippen molar-refractivity contribution >= 4 is 28.5 Å². The summed E-state index contributed by atoms with van der Waals surface area (Å²) in [6.45, 7) is 0.831. The van der Waals surface area contributed by atoms with Gasteiger partial charge in [0.15, 0.2) is 0 Å². The third kappa shape index (κ3) is 1.18. The number of fused-ring (bicyclic) bond motifs is 1. The first-order chi connectivity index (χ1) is 6.77. The molecule has 3 rings (SSSR count). The van der Waals surface area contributed by atoms with Crippen LogP contribution in [0, 0.1) is 3.57 Å². The minimum Gasteiger partial charge on any atom is -0.331 e. The van der Waals surface area contributed by atoms with Gasteiger partial charge >= 0.3 is 0 Å². The predicted octanol–water partition coefficient (Wildman–Crippen LogP) is 2.41. The summed E-state index contributed by atoms with van der Waals surface area (Å²) in [5.74, 6) is 0.237. The number of halogens is 1. The van der Waals surface area contributed by atoms with E-state index in [1.165, 1.54) is 22.0 Å². The van der Waals surface area contributed by atoms with E-state index in [4.69, 9.17) is 0 Å². The molecule has 0 saturated heterocycles. The Hall–Kier alpha value is -0.580. The molecule has 3 heteroatoms. The highest BCUT2D eigenvalue weighted by molar-refractivity contribution is 14.1. The number of rotatable bonds is 1. The van der Waals surface area contributed by atoms with Crippen molar-refractivity contribution in [2.45, 2.75) is 25.4 Å². The van der Waals surface area contributed by atoms with Crippen molar-refractivity contribution < 1.29 is 4.79 Å². The van der Waals surface area contributed by atoms with Crippen LogP contribution in [0.5, 0.6) is 0 Å². The molecule has 1 aliphatic carbocycles. The van der Waals surface area contributed by atoms with Crippen molar-refractivity contribution in [2.24, 2.45) is 0 Å². The molecule has 1 saturated carbocycles. The maximum absolute atomic E-state index is 12.0. The molecular weight excluding hydrogens is 289 g/mol. The van der Waals surface area contributed by atoms with Crippen molar-refractivity contribution in [2.75, 3.05) is 0 Å². The molecular formula is C11H10INO. The van der Waals surface area contributed by atoms with E-state index in [9.17, 15) is 4.79 Å². The molecule has 1 amide bonds. The van der Waals surface area contributed by atoms with E-state index in [0.29, 0.717) is 6.04 Å². The van der Waals surface area contributed by atoms with Crippen LogP contribution in [0.3, 0.4) is 0 Å². The first-order valence-electron chi connectivity index (χ1n) is 4.86. The van der Waals surface area contributed by atoms with Crippen LogP contribution in [0.15, 0.2) is 18.2 Å². The van der Waals surface area contributed by atoms with Gasteiger partial charge in [-0.05, 0) is 53.1 Å². The first kappa shape index (κ1) is 8.71. The maximum Gasteiger partial charge on any atom is 0.254 e. The molecule has 1 aromatic rings. The molecule has 0 unspecified atom stereocenters. The van der Waals surface area contributed by atoms with Crippen LogP contribution in [0.25, 0.3) is 0 Å². The lowest BCUT2D eigenvalue weighted by molar-refractivity contribution is 0.0766. The molecule has 0 radical (unpaired) electrons. The zero-order valence-corrected chi connectivity index (χ0v) is 9.82. The molecule has 1 heterocycles. The Balaban J connectivity index is 2.05. The van der Waals surface area contributed by atoms with Crippen molar-refractivity contribution in [3.8, 4) is 0 Å². The molecule has 2 aliphatic rings. The number of benzene rings is 1. The van der Waals surface area contributed by atoms with Gasteiger partial charge in [0, 0.05) is 21.7 Å². The number of amides is 1. The van der Waals surface area contributed by atoms with Crippen molar-refractivity contribution in [1.82, 2.24) is 4.90 Å². The SMILES string of the molecule is O=C1c2cccc(I)c2CN1C1CC1. The normalized spacial score (nSPS) is 20.1. The molecule has 1 aliphatic heterocycles. The zero-order chi connectivity index (χ0) is 9.71. The number of carbonyl (C=O) groups excluding carboxylic acids is 1. The monoisotopic (exact) mass is 299 g/mol. The van der Waals surface area contributed by atoms with Gasteiger partial charge in [-0.2, -0.15) is 0 Å². The molecule has 14 heavy (non-hydrogen) atoms. The first-order valence-corrected chi connectivity index (χ1v) is 5.93. The topological polar surface area (TPSA) is 20.3 Å². The fraction of sp³-hybridized carbons (Fsp3) is 0.364. The van der Waals surface area contributed by atoms with Crippen LogP contribution in [-0.4, -0.2) is 16.8 Å². The van der Waals surface area contributed by atoms with Gasteiger partial charge in [-0.15, -0.1) is 0 Å². The molecule has 2 nitrogen and oxygen atoms in total. The smallest absolute Gasteiger partial charge is 0.254 e. The lowest BCUT2D eigenvalue weighted by atomic mass is 10.1. The summed E-state index contributed by atoms with van der Waals surface area (Å²) in [6.07, 6.45) is 2.38. The fourth-order valence-corrected chi connectivity index (χ4v) is 2.67. The minimum absolute atomic E-state index is 0.237. The van der Waals surface area contributed by atoms with E-state index in [0.717, 1.165) is 12.1 Å². The Labute approximate surface area is 96.4 Å². The molecule has 0 bridgehead atoms. The van der Waals surface area contributed by atoms with Crippen LogP contribution in [-0.2, 0) is 6.54 Å². The highest BCUT2D eigenvalue weighted by Gasteiger charge is 2.38. The quantitative estimate of drug-likeness (QED) is 0.729. The van der Waals surface area contributed by atoms with Gasteiger partial charge in [0.25, 0.3) is 5.91 Å². The van der Waals surface area contributed by atoms with Crippen LogP contribution < -0.4 is 0 Å². The summed E-state index contributed by atoms with van der Waals surface area (Å²) in [5.41, 5.74) is 2.15. The van der Waals surface area contributed by atoms with E-state index in [-0.39, 0.29) is 5.91 Å². The van der Waals surface area contributed by atoms with Gasteiger partial charge in [0.2, 0.25) is 0 Å². The number of nitrogens with zero attached hydrogens (tertiary/aromatic N) is 1. The Morgan fingerprint density at radius 1 is 1.36 bits per heavy atom. The summed E-state index contributed by atoms with van der Waals surface area (Å²) in [6, 6.07) is 6.52. The van der Waals surface area contributed by atoms with Crippen LogP contribution in [0.1, 0.15) is 28.8 Å². The Bertz CT molecular complexity index is 412. The van der Waals surface area contributed by atoms with Gasteiger partial charge in [0.05, 0.1) is 0 Å². The lowest BCUT2D eigenvalue weighted by Crippen LogP contribution is -2.25. The largest absolute Gasteiger partial charge is 0.331 e. The number of hydrogen-bond donors (Lipinski definition) is 0. The van der Waals surface area contributed by atoms with Crippen LogP contribution in [0.2, 0.25) is 0 Å². The zero-order valence-electron chi connectivity index (χ0n) is 7.66. The maximum atomic E-state index is 12.0. The van der Waals surface area contributed by atoms with E-state index in [2.05, 4.69) is 28.7 Å². The second-order valence-corrected chi connectivity index (χ2v) is 5.09. The lowest BCUT2D eigenvalue weighted by Gasteiger charge is -2.13. The van der Waals surface area contributed by atoms with Crippen molar-refractivity contribution in [3.63, 3.8) is 0 Å². The highest BCUT2D eigenvalue weighted by atomic mass is 127. The second kappa shape index (κ2) is 2.95.